The van der Waals surface area contributed by atoms with Crippen molar-refractivity contribution in [2.24, 2.45) is 5.41 Å². The summed E-state index contributed by atoms with van der Waals surface area (Å²) in [6, 6.07) is 17.8. The first-order chi connectivity index (χ1) is 9.31. The summed E-state index contributed by atoms with van der Waals surface area (Å²) in [5.41, 5.74) is 1.68. The van der Waals surface area contributed by atoms with Crippen molar-refractivity contribution in [3.63, 3.8) is 0 Å². The van der Waals surface area contributed by atoms with Crippen LogP contribution in [0.1, 0.15) is 28.3 Å². The van der Waals surface area contributed by atoms with E-state index < -0.39 is 0 Å². The SMILES string of the molecule is O=C1c2ccccc2OC[C@]12C[C@@H]2c1ccccc1. The van der Waals surface area contributed by atoms with Gasteiger partial charge in [-0.1, -0.05) is 42.5 Å². The Morgan fingerprint density at radius 1 is 1.00 bits per heavy atom. The lowest BCUT2D eigenvalue weighted by molar-refractivity contribution is 0.0790. The first-order valence-electron chi connectivity index (χ1n) is 6.63. The van der Waals surface area contributed by atoms with Gasteiger partial charge in [-0.3, -0.25) is 4.79 Å². The molecule has 4 rings (SSSR count). The van der Waals surface area contributed by atoms with Crippen LogP contribution in [0.3, 0.4) is 0 Å². The minimum absolute atomic E-state index is 0.253. The predicted molar refractivity (Wildman–Crippen MR) is 72.5 cm³/mol. The van der Waals surface area contributed by atoms with E-state index in [-0.39, 0.29) is 11.2 Å². The molecule has 0 saturated heterocycles. The smallest absolute Gasteiger partial charge is 0.176 e. The molecule has 0 aromatic heterocycles. The van der Waals surface area contributed by atoms with Gasteiger partial charge in [-0.2, -0.15) is 0 Å². The van der Waals surface area contributed by atoms with Crippen molar-refractivity contribution in [1.29, 1.82) is 0 Å². The Morgan fingerprint density at radius 2 is 1.74 bits per heavy atom. The second-order valence-electron chi connectivity index (χ2n) is 5.44. The Labute approximate surface area is 112 Å². The molecular weight excluding hydrogens is 236 g/mol. The molecule has 2 heteroatoms. The van der Waals surface area contributed by atoms with E-state index in [1.807, 2.05) is 42.5 Å². The predicted octanol–water partition coefficient (Wildman–Crippen LogP) is 3.44. The van der Waals surface area contributed by atoms with E-state index >= 15 is 0 Å². The normalized spacial score (nSPS) is 27.8. The molecule has 2 nitrogen and oxygen atoms in total. The molecule has 19 heavy (non-hydrogen) atoms. The number of hydrogen-bond donors (Lipinski definition) is 0. The summed E-state index contributed by atoms with van der Waals surface area (Å²) in [6.45, 7) is 0.516. The fourth-order valence-corrected chi connectivity index (χ4v) is 3.16. The molecule has 0 amide bonds. The van der Waals surface area contributed by atoms with E-state index in [4.69, 9.17) is 4.74 Å². The van der Waals surface area contributed by atoms with E-state index in [1.165, 1.54) is 5.56 Å². The molecule has 94 valence electrons. The van der Waals surface area contributed by atoms with Gasteiger partial charge in [0.05, 0.1) is 11.0 Å². The third-order valence-electron chi connectivity index (χ3n) is 4.35. The molecular formula is C17H14O2. The molecule has 1 saturated carbocycles. The maximum atomic E-state index is 12.7. The zero-order chi connectivity index (χ0) is 12.9. The van der Waals surface area contributed by atoms with Gasteiger partial charge in [0.25, 0.3) is 0 Å². The van der Waals surface area contributed by atoms with Crippen LogP contribution in [0.5, 0.6) is 5.75 Å². The number of benzene rings is 2. The zero-order valence-electron chi connectivity index (χ0n) is 10.5. The topological polar surface area (TPSA) is 26.3 Å². The van der Waals surface area contributed by atoms with Crippen LogP contribution in [-0.2, 0) is 0 Å². The lowest BCUT2D eigenvalue weighted by Gasteiger charge is -2.25. The summed E-state index contributed by atoms with van der Waals surface area (Å²) in [7, 11) is 0. The maximum absolute atomic E-state index is 12.7. The fraction of sp³-hybridized carbons (Fsp3) is 0.235. The summed E-state index contributed by atoms with van der Waals surface area (Å²) < 4.78 is 5.80. The van der Waals surface area contributed by atoms with Crippen LogP contribution in [0.15, 0.2) is 54.6 Å². The van der Waals surface area contributed by atoms with Crippen molar-refractivity contribution in [3.8, 4) is 5.75 Å². The highest BCUT2D eigenvalue weighted by Crippen LogP contribution is 2.62. The molecule has 2 aliphatic rings. The van der Waals surface area contributed by atoms with Crippen LogP contribution in [0.2, 0.25) is 0 Å². The van der Waals surface area contributed by atoms with Gasteiger partial charge in [0, 0.05) is 5.92 Å². The molecule has 1 spiro atoms. The Morgan fingerprint density at radius 3 is 2.58 bits per heavy atom. The standard InChI is InChI=1S/C17H14O2/c18-16-13-8-4-5-9-15(13)19-11-17(16)10-14(17)12-6-2-1-3-7-12/h1-9,14H,10-11H2/t14-,17+/m1/s1. The average molecular weight is 250 g/mol. The van der Waals surface area contributed by atoms with Gasteiger partial charge >= 0.3 is 0 Å². The highest BCUT2D eigenvalue weighted by Gasteiger charge is 2.62. The Bertz CT molecular complexity index is 647. The minimum atomic E-state index is -0.310. The molecule has 2 aromatic carbocycles. The van der Waals surface area contributed by atoms with E-state index in [0.717, 1.165) is 17.7 Å². The van der Waals surface area contributed by atoms with Crippen molar-refractivity contribution in [2.75, 3.05) is 6.61 Å². The number of ketones is 1. The summed E-state index contributed by atoms with van der Waals surface area (Å²) in [4.78, 5) is 12.7. The van der Waals surface area contributed by atoms with Gasteiger partial charge in [0.2, 0.25) is 0 Å². The van der Waals surface area contributed by atoms with Crippen LogP contribution >= 0.6 is 0 Å². The molecule has 0 bridgehead atoms. The highest BCUT2D eigenvalue weighted by atomic mass is 16.5. The van der Waals surface area contributed by atoms with Crippen molar-refractivity contribution in [3.05, 3.63) is 65.7 Å². The number of para-hydroxylation sites is 1. The lowest BCUT2D eigenvalue weighted by Crippen LogP contribution is -2.30. The quantitative estimate of drug-likeness (QED) is 0.775. The molecule has 2 aromatic rings. The van der Waals surface area contributed by atoms with Gasteiger partial charge in [-0.15, -0.1) is 0 Å². The summed E-state index contributed by atoms with van der Waals surface area (Å²) in [5.74, 6) is 1.30. The molecule has 0 radical (unpaired) electrons. The summed E-state index contributed by atoms with van der Waals surface area (Å²) in [6.07, 6.45) is 0.907. The second-order valence-corrected chi connectivity index (χ2v) is 5.44. The summed E-state index contributed by atoms with van der Waals surface area (Å²) in [5, 5.41) is 0. The number of fused-ring (bicyclic) bond motifs is 1. The molecule has 0 N–H and O–H groups in total. The van der Waals surface area contributed by atoms with Crippen molar-refractivity contribution >= 4 is 5.78 Å². The van der Waals surface area contributed by atoms with Crippen molar-refractivity contribution < 1.29 is 9.53 Å². The molecule has 2 atom stereocenters. The maximum Gasteiger partial charge on any atom is 0.176 e. The van der Waals surface area contributed by atoms with Crippen LogP contribution in [0.4, 0.5) is 0 Å². The van der Waals surface area contributed by atoms with Gasteiger partial charge in [0.1, 0.15) is 12.4 Å². The Kier molecular flexibility index (Phi) is 2.10. The number of rotatable bonds is 1. The molecule has 0 unspecified atom stereocenters. The zero-order valence-corrected chi connectivity index (χ0v) is 10.5. The molecule has 1 heterocycles. The van der Waals surface area contributed by atoms with Gasteiger partial charge in [0.15, 0.2) is 5.78 Å². The minimum Gasteiger partial charge on any atom is -0.492 e. The van der Waals surface area contributed by atoms with Gasteiger partial charge in [-0.25, -0.2) is 0 Å². The lowest BCUT2D eigenvalue weighted by atomic mass is 9.88. The second kappa shape index (κ2) is 3.70. The van der Waals surface area contributed by atoms with E-state index in [0.29, 0.717) is 12.5 Å². The molecule has 1 aliphatic carbocycles. The third kappa shape index (κ3) is 1.46. The van der Waals surface area contributed by atoms with Gasteiger partial charge < -0.3 is 4.74 Å². The van der Waals surface area contributed by atoms with E-state index in [2.05, 4.69) is 12.1 Å². The van der Waals surface area contributed by atoms with Crippen LogP contribution in [0.25, 0.3) is 0 Å². The number of Topliss-reactive ketones (excluding diaryl/α,β-unsaturated/α-hetero) is 1. The van der Waals surface area contributed by atoms with E-state index in [1.54, 1.807) is 0 Å². The Hall–Kier alpha value is -2.09. The number of carbonyl (C=O) groups is 1. The third-order valence-corrected chi connectivity index (χ3v) is 4.35. The highest BCUT2D eigenvalue weighted by molar-refractivity contribution is 6.06. The summed E-state index contributed by atoms with van der Waals surface area (Å²) >= 11 is 0. The van der Waals surface area contributed by atoms with E-state index in [9.17, 15) is 4.79 Å². The van der Waals surface area contributed by atoms with Crippen molar-refractivity contribution in [1.82, 2.24) is 0 Å². The monoisotopic (exact) mass is 250 g/mol. The first-order valence-corrected chi connectivity index (χ1v) is 6.63. The number of hydrogen-bond acceptors (Lipinski definition) is 2. The van der Waals surface area contributed by atoms with Gasteiger partial charge in [-0.05, 0) is 24.1 Å². The van der Waals surface area contributed by atoms with Crippen molar-refractivity contribution in [2.45, 2.75) is 12.3 Å². The van der Waals surface area contributed by atoms with Crippen LogP contribution < -0.4 is 4.74 Å². The van der Waals surface area contributed by atoms with Crippen LogP contribution in [-0.4, -0.2) is 12.4 Å². The Balaban J connectivity index is 1.71. The average Bonchev–Trinajstić information content (AvgIpc) is 3.20. The molecule has 1 fully saturated rings. The number of ether oxygens (including phenoxy) is 1. The van der Waals surface area contributed by atoms with Crippen LogP contribution in [0, 0.1) is 5.41 Å². The fourth-order valence-electron chi connectivity index (χ4n) is 3.16. The molecule has 1 aliphatic heterocycles. The largest absolute Gasteiger partial charge is 0.492 e. The first kappa shape index (κ1) is 10.8. The number of carbonyl (C=O) groups excluding carboxylic acids is 1.